The van der Waals surface area contributed by atoms with Crippen molar-refractivity contribution >= 4 is 169 Å². The summed E-state index contributed by atoms with van der Waals surface area (Å²) in [4.78, 5) is 59.4. The van der Waals surface area contributed by atoms with Crippen molar-refractivity contribution < 1.29 is 88.2 Å². The lowest BCUT2D eigenvalue weighted by Gasteiger charge is -2.32. The highest BCUT2D eigenvalue weighted by molar-refractivity contribution is 9.10. The zero-order valence-corrected chi connectivity index (χ0v) is 68.8. The molecule has 0 bridgehead atoms. The van der Waals surface area contributed by atoms with Crippen LogP contribution in [-0.4, -0.2) is 141 Å². The van der Waals surface area contributed by atoms with Crippen LogP contribution < -0.4 is 5.32 Å². The number of fused-ring (bicyclic) bond motifs is 4. The van der Waals surface area contributed by atoms with Crippen LogP contribution >= 0.6 is 38.6 Å². The van der Waals surface area contributed by atoms with E-state index in [1.165, 1.54) is 93.9 Å². The lowest BCUT2D eigenvalue weighted by atomic mass is 9.89. The molecule has 2 saturated heterocycles. The van der Waals surface area contributed by atoms with E-state index >= 15 is 0 Å². The molecule has 14 rings (SSSR count). The van der Waals surface area contributed by atoms with Crippen LogP contribution in [0.25, 0.3) is 80.1 Å². The van der Waals surface area contributed by atoms with Gasteiger partial charge in [0.2, 0.25) is 0 Å². The minimum absolute atomic E-state index is 0.0820. The van der Waals surface area contributed by atoms with Gasteiger partial charge in [0.25, 0.3) is 0 Å². The molecule has 8 heterocycles. The Bertz CT molecular complexity index is 5410. The lowest BCUT2D eigenvalue weighted by molar-refractivity contribution is 0.00578. The standard InChI is InChI=1S/C19H28BNO4.2C15H11FN2O2S.C14H18BFO2.C10H8BrFN2O2.C9H7FN2O2/c1-17(2,3)23-16(22)21-15-10-8-14(9-11-15)12-13-20-24-18(4,5)19(6,7)25-20;2*1-20-15(19)10-7-11-13(5-4-9-3-2-6-21-9)17-18-14(11)8-12(10)16;1-13(2)14(3,4)18-15(17-13)10-9-11-7-5-6-8-12(11)16;1-14-8-4-7(12)5(10(15)16-2)3-6(8)9(11)13-14;1-14-9(13)6-2-5-4-11-12-8(5)3-7(6)10/h8-13H,1-7H3,(H,21,22);2*2-8H,1H3,(H,17,18);5-10H,1-4H3;3-4H,1-2H3;2-4H,1H3,(H,11,12)/b13-12+;5-4+;5-4-;10-9+;;. The van der Waals surface area contributed by atoms with Crippen LogP contribution in [0.15, 0.2) is 155 Å². The van der Waals surface area contributed by atoms with E-state index in [1.807, 2.05) is 172 Å². The molecule has 0 spiro atoms. The second-order valence-corrected chi connectivity index (χ2v) is 31.1. The molecule has 33 heteroatoms. The Hall–Kier alpha value is -11.2. The van der Waals surface area contributed by atoms with E-state index in [9.17, 15) is 45.9 Å². The third-order valence-electron chi connectivity index (χ3n) is 18.2. The summed E-state index contributed by atoms with van der Waals surface area (Å²) in [7, 11) is 5.76. The fourth-order valence-corrected chi connectivity index (χ4v) is 12.5. The normalized spacial score (nSPS) is 14.5. The van der Waals surface area contributed by atoms with Gasteiger partial charge in [-0.15, -0.1) is 22.7 Å². The van der Waals surface area contributed by atoms with Crippen LogP contribution in [0.3, 0.4) is 0 Å². The van der Waals surface area contributed by atoms with Gasteiger partial charge in [-0.3, -0.25) is 25.3 Å². The summed E-state index contributed by atoms with van der Waals surface area (Å²) in [6.45, 7) is 21.6. The van der Waals surface area contributed by atoms with Crippen LogP contribution in [0.2, 0.25) is 0 Å². The topological polar surface area (TPSA) is 284 Å². The Morgan fingerprint density at radius 1 is 0.513 bits per heavy atom. The first-order valence-electron chi connectivity index (χ1n) is 35.3. The predicted octanol–water partition coefficient (Wildman–Crippen LogP) is 19.3. The Balaban J connectivity index is 0.000000159. The van der Waals surface area contributed by atoms with Gasteiger partial charge in [-0.05, 0) is 187 Å². The third kappa shape index (κ3) is 22.6. The van der Waals surface area contributed by atoms with Crippen molar-refractivity contribution in [2.75, 3.05) is 33.8 Å². The molecule has 2 fully saturated rings. The number of halogens is 6. The number of H-pyrrole nitrogens is 3. The van der Waals surface area contributed by atoms with Gasteiger partial charge in [0.1, 0.15) is 39.3 Å². The number of amides is 1. The fourth-order valence-electron chi connectivity index (χ4n) is 10.7. The van der Waals surface area contributed by atoms with Crippen molar-refractivity contribution in [2.24, 2.45) is 7.05 Å². The molecular weight excluding hydrogens is 1600 g/mol. The summed E-state index contributed by atoms with van der Waals surface area (Å²) in [6, 6.07) is 32.7. The largest absolute Gasteiger partial charge is 0.487 e. The molecule has 0 aliphatic carbocycles. The maximum atomic E-state index is 13.8. The first-order valence-corrected chi connectivity index (χ1v) is 37.9. The van der Waals surface area contributed by atoms with Crippen molar-refractivity contribution in [3.05, 3.63) is 238 Å². The van der Waals surface area contributed by atoms with Crippen LogP contribution in [0.5, 0.6) is 0 Å². The number of carbonyl (C=O) groups excluding carboxylic acids is 5. The van der Waals surface area contributed by atoms with E-state index in [4.69, 9.17) is 23.4 Å². The van der Waals surface area contributed by atoms with Gasteiger partial charge in [-0.2, -0.15) is 20.4 Å². The molecule has 0 saturated carbocycles. The molecule has 2 aliphatic heterocycles. The fraction of sp³-hybridized carbons (Fsp3) is 0.256. The smallest absolute Gasteiger partial charge is 0.465 e. The van der Waals surface area contributed by atoms with Crippen molar-refractivity contribution in [3.63, 3.8) is 0 Å². The summed E-state index contributed by atoms with van der Waals surface area (Å²) in [5.74, 6) is -1.90. The molecule has 23 nitrogen and oxygen atoms in total. The van der Waals surface area contributed by atoms with Crippen LogP contribution in [0.1, 0.15) is 150 Å². The van der Waals surface area contributed by atoms with Gasteiger partial charge in [0.05, 0.1) is 113 Å². The number of ether oxygens (including phenoxy) is 5. The van der Waals surface area contributed by atoms with E-state index < -0.39 is 66.0 Å². The maximum Gasteiger partial charge on any atom is 0.487 e. The van der Waals surface area contributed by atoms with Gasteiger partial charge in [-0.25, -0.2) is 45.9 Å². The monoisotopic (exact) mass is 1680 g/mol. The molecule has 6 aromatic carbocycles. The average molecular weight is 1680 g/mol. The summed E-state index contributed by atoms with van der Waals surface area (Å²) in [5, 5.41) is 33.5. The Kier molecular flexibility index (Phi) is 28.9. The Labute approximate surface area is 676 Å². The number of hydrogen-bond acceptors (Lipinski definition) is 20. The van der Waals surface area contributed by atoms with Crippen LogP contribution in [0, 0.1) is 29.1 Å². The molecule has 115 heavy (non-hydrogen) atoms. The van der Waals surface area contributed by atoms with Crippen LogP contribution in [0.4, 0.5) is 32.4 Å². The number of rotatable bonds is 13. The molecule has 1 amide bonds. The number of nitrogens with one attached hydrogen (secondary N) is 4. The number of anilines is 1. The van der Waals surface area contributed by atoms with E-state index in [2.05, 4.69) is 75.9 Å². The van der Waals surface area contributed by atoms with Crippen LogP contribution in [-0.2, 0) is 49.3 Å². The molecule has 2 aliphatic rings. The predicted molar refractivity (Wildman–Crippen MR) is 441 cm³/mol. The van der Waals surface area contributed by atoms with E-state index in [0.29, 0.717) is 70.9 Å². The van der Waals surface area contributed by atoms with E-state index in [1.54, 1.807) is 60.0 Å². The number of methoxy groups -OCH3 is 4. The lowest BCUT2D eigenvalue weighted by Crippen LogP contribution is -2.41. The molecule has 0 atom stereocenters. The number of aromatic amines is 3. The summed E-state index contributed by atoms with van der Waals surface area (Å²) in [5.41, 5.74) is 3.41. The number of esters is 4. The molecule has 12 aromatic rings. The van der Waals surface area contributed by atoms with Gasteiger partial charge in [0.15, 0.2) is 0 Å². The minimum Gasteiger partial charge on any atom is -0.465 e. The number of aryl methyl sites for hydroxylation is 1. The highest BCUT2D eigenvalue weighted by Crippen LogP contribution is 2.39. The highest BCUT2D eigenvalue weighted by atomic mass is 79.9. The summed E-state index contributed by atoms with van der Waals surface area (Å²) >= 11 is 6.45. The minimum atomic E-state index is -0.705. The molecule has 6 aromatic heterocycles. The Morgan fingerprint density at radius 3 is 1.37 bits per heavy atom. The van der Waals surface area contributed by atoms with Gasteiger partial charge >= 0.3 is 44.2 Å². The average Bonchev–Trinajstić information content (AvgIpc) is 1.58. The molecule has 600 valence electrons. The van der Waals surface area contributed by atoms with E-state index in [0.717, 1.165) is 15.3 Å². The van der Waals surface area contributed by atoms with Gasteiger partial charge < -0.3 is 42.3 Å². The SMILES string of the molecule is CC(C)(C)OC(=O)Nc1ccc(/C=C/B2OC(C)(C)C(C)(C)O2)cc1.CC1(C)OB(/C=C/c2ccccc2F)OC1(C)C.COC(=O)c1cc2c(/C=C/c3cccs3)n[nH]c2cc1F.COC(=O)c1cc2c(/C=C\c3cccs3)n[nH]c2cc1F.COC(=O)c1cc2c(Br)nn(C)c2cc1F.COC(=O)c1cc2cn[nH]c2cc1F. The van der Waals surface area contributed by atoms with Crippen molar-refractivity contribution in [2.45, 2.75) is 104 Å². The maximum absolute atomic E-state index is 13.8. The molecule has 4 N–H and O–H groups in total. The summed E-state index contributed by atoms with van der Waals surface area (Å²) in [6.07, 6.45) is 12.2. The van der Waals surface area contributed by atoms with Crippen molar-refractivity contribution in [1.82, 2.24) is 40.4 Å². The number of benzene rings is 6. The first kappa shape index (κ1) is 87.8. The van der Waals surface area contributed by atoms with Crippen molar-refractivity contribution in [1.29, 1.82) is 0 Å². The van der Waals surface area contributed by atoms with E-state index in [-0.39, 0.29) is 57.6 Å². The number of thiophene rings is 2. The second-order valence-electron chi connectivity index (χ2n) is 28.4. The van der Waals surface area contributed by atoms with Crippen molar-refractivity contribution in [3.8, 4) is 0 Å². The molecular formula is C82H83B2BrF5N9O14S2. The zero-order valence-electron chi connectivity index (χ0n) is 65.6. The third-order valence-corrected chi connectivity index (χ3v) is 20.4. The Morgan fingerprint density at radius 2 is 0.939 bits per heavy atom. The quantitative estimate of drug-likeness (QED) is 0.0361. The first-order chi connectivity index (χ1) is 54.3. The highest BCUT2D eigenvalue weighted by Gasteiger charge is 2.51. The second kappa shape index (κ2) is 37.8. The number of aromatic nitrogens is 8. The molecule has 0 unspecified atom stereocenters. The molecule has 0 radical (unpaired) electrons. The van der Waals surface area contributed by atoms with Gasteiger partial charge in [0, 0.05) is 73.9 Å². The number of nitrogens with zero attached hydrogens (tertiary/aromatic N) is 5. The number of hydrogen-bond donors (Lipinski definition) is 4. The number of carbonyl (C=O) groups is 5. The summed E-state index contributed by atoms with van der Waals surface area (Å²) < 4.78 is 117. The van der Waals surface area contributed by atoms with Gasteiger partial charge in [-0.1, -0.05) is 66.6 Å². The zero-order chi connectivity index (χ0) is 83.9.